The van der Waals surface area contributed by atoms with Gasteiger partial charge in [0.25, 0.3) is 0 Å². The minimum absolute atomic E-state index is 0.312. The molecule has 1 aromatic heterocycles. The molecular weight excluding hydrogens is 289 g/mol. The fourth-order valence-electron chi connectivity index (χ4n) is 1.59. The van der Waals surface area contributed by atoms with Crippen LogP contribution in [0.1, 0.15) is 0 Å². The first-order chi connectivity index (χ1) is 8.06. The number of nitrogens with zero attached hydrogens (tertiary/aromatic N) is 2. The molecule has 1 heterocycles. The number of methoxy groups -OCH3 is 1. The summed E-state index contributed by atoms with van der Waals surface area (Å²) in [5.41, 5.74) is 6.67. The molecule has 0 fully saturated rings. The van der Waals surface area contributed by atoms with Crippen LogP contribution in [0, 0.1) is 5.82 Å². The quantitative estimate of drug-likeness (QED) is 0.927. The van der Waals surface area contributed by atoms with Crippen LogP contribution >= 0.6 is 15.9 Å². The van der Waals surface area contributed by atoms with Crippen LogP contribution in [0.15, 0.2) is 22.8 Å². The molecule has 0 aliphatic rings. The first-order valence-corrected chi connectivity index (χ1v) is 5.65. The number of aryl methyl sites for hydroxylation is 1. The van der Waals surface area contributed by atoms with Crippen molar-refractivity contribution in [2.75, 3.05) is 12.8 Å². The van der Waals surface area contributed by atoms with Crippen molar-refractivity contribution in [1.82, 2.24) is 9.78 Å². The van der Waals surface area contributed by atoms with Crippen molar-refractivity contribution in [1.29, 1.82) is 0 Å². The van der Waals surface area contributed by atoms with Crippen molar-refractivity contribution >= 4 is 21.7 Å². The van der Waals surface area contributed by atoms with Crippen molar-refractivity contribution in [2.45, 2.75) is 0 Å². The molecule has 17 heavy (non-hydrogen) atoms. The molecule has 0 aliphatic carbocycles. The topological polar surface area (TPSA) is 53.1 Å². The van der Waals surface area contributed by atoms with Crippen molar-refractivity contribution in [3.8, 4) is 16.9 Å². The Morgan fingerprint density at radius 1 is 1.47 bits per heavy atom. The highest BCUT2D eigenvalue weighted by molar-refractivity contribution is 9.10. The lowest BCUT2D eigenvalue weighted by Crippen LogP contribution is -1.99. The van der Waals surface area contributed by atoms with Crippen LogP contribution in [-0.4, -0.2) is 16.9 Å². The van der Waals surface area contributed by atoms with Crippen LogP contribution in [0.5, 0.6) is 5.75 Å². The molecule has 0 saturated heterocycles. The molecule has 0 aliphatic heterocycles. The number of aromatic nitrogens is 2. The van der Waals surface area contributed by atoms with Crippen molar-refractivity contribution in [2.24, 2.45) is 7.05 Å². The monoisotopic (exact) mass is 299 g/mol. The number of nitrogens with two attached hydrogens (primary N) is 1. The van der Waals surface area contributed by atoms with Gasteiger partial charge in [0.2, 0.25) is 0 Å². The summed E-state index contributed by atoms with van der Waals surface area (Å²) in [5, 5.41) is 3.99. The van der Waals surface area contributed by atoms with E-state index >= 15 is 0 Å². The molecule has 4 nitrogen and oxygen atoms in total. The molecule has 1 aromatic carbocycles. The number of hydrogen-bond acceptors (Lipinski definition) is 3. The second kappa shape index (κ2) is 4.37. The highest BCUT2D eigenvalue weighted by Gasteiger charge is 2.19. The predicted octanol–water partition coefficient (Wildman–Crippen LogP) is 2.58. The number of nitrogen functional groups attached to an aromatic ring is 1. The average molecular weight is 300 g/mol. The number of rotatable bonds is 2. The Morgan fingerprint density at radius 3 is 2.71 bits per heavy atom. The summed E-state index contributed by atoms with van der Waals surface area (Å²) in [6.45, 7) is 0. The van der Waals surface area contributed by atoms with E-state index in [1.54, 1.807) is 19.2 Å². The zero-order chi connectivity index (χ0) is 12.6. The zero-order valence-electron chi connectivity index (χ0n) is 9.37. The Bertz CT molecular complexity index is 568. The maximum absolute atomic E-state index is 14.1. The molecular formula is C11H11BrFN3O. The maximum Gasteiger partial charge on any atom is 0.149 e. The Kier molecular flexibility index (Phi) is 3.06. The number of ether oxygens (including phenoxy) is 1. The van der Waals surface area contributed by atoms with Gasteiger partial charge in [-0.1, -0.05) is 0 Å². The van der Waals surface area contributed by atoms with Gasteiger partial charge >= 0.3 is 0 Å². The summed E-state index contributed by atoms with van der Waals surface area (Å²) in [6, 6.07) is 3.26. The van der Waals surface area contributed by atoms with Crippen LogP contribution in [0.4, 0.5) is 10.2 Å². The van der Waals surface area contributed by atoms with E-state index in [4.69, 9.17) is 10.5 Å². The lowest BCUT2D eigenvalue weighted by atomic mass is 10.1. The molecule has 0 spiro atoms. The fourth-order valence-corrected chi connectivity index (χ4v) is 1.92. The normalized spacial score (nSPS) is 10.6. The SMILES string of the molecule is COc1ccc(Br)c(F)c1-c1cnn(C)c1N. The molecule has 0 saturated carbocycles. The smallest absolute Gasteiger partial charge is 0.149 e. The second-order valence-electron chi connectivity index (χ2n) is 3.51. The van der Waals surface area contributed by atoms with Crippen LogP contribution < -0.4 is 10.5 Å². The van der Waals surface area contributed by atoms with E-state index < -0.39 is 5.82 Å². The van der Waals surface area contributed by atoms with Gasteiger partial charge in [-0.3, -0.25) is 4.68 Å². The zero-order valence-corrected chi connectivity index (χ0v) is 11.0. The van der Waals surface area contributed by atoms with Crippen molar-refractivity contribution in [3.63, 3.8) is 0 Å². The molecule has 0 amide bonds. The Balaban J connectivity index is 2.73. The molecule has 0 bridgehead atoms. The average Bonchev–Trinajstić information content (AvgIpc) is 2.64. The van der Waals surface area contributed by atoms with E-state index in [2.05, 4.69) is 21.0 Å². The molecule has 2 aromatic rings. The third-order valence-corrected chi connectivity index (χ3v) is 3.14. The molecule has 0 unspecified atom stereocenters. The first-order valence-electron chi connectivity index (χ1n) is 4.86. The van der Waals surface area contributed by atoms with Gasteiger partial charge < -0.3 is 10.5 Å². The summed E-state index contributed by atoms with van der Waals surface area (Å²) in [6.07, 6.45) is 1.52. The largest absolute Gasteiger partial charge is 0.496 e. The van der Waals surface area contributed by atoms with E-state index in [0.717, 1.165) is 0 Å². The molecule has 2 N–H and O–H groups in total. The predicted molar refractivity (Wildman–Crippen MR) is 67.3 cm³/mol. The molecule has 90 valence electrons. The van der Waals surface area contributed by atoms with E-state index in [-0.39, 0.29) is 0 Å². The van der Waals surface area contributed by atoms with E-state index in [1.165, 1.54) is 18.0 Å². The van der Waals surface area contributed by atoms with Gasteiger partial charge in [-0.05, 0) is 28.1 Å². The second-order valence-corrected chi connectivity index (χ2v) is 4.36. The lowest BCUT2D eigenvalue weighted by molar-refractivity contribution is 0.413. The van der Waals surface area contributed by atoms with Crippen LogP contribution in [-0.2, 0) is 7.05 Å². The fraction of sp³-hybridized carbons (Fsp3) is 0.182. The standard InChI is InChI=1S/C11H11BrFN3O/c1-16-11(14)6(5-15-16)9-8(17-2)4-3-7(12)10(9)13/h3-5H,14H2,1-2H3. The van der Waals surface area contributed by atoms with Gasteiger partial charge in [0, 0.05) is 7.05 Å². The van der Waals surface area contributed by atoms with Crippen LogP contribution in [0.2, 0.25) is 0 Å². The van der Waals surface area contributed by atoms with Crippen LogP contribution in [0.25, 0.3) is 11.1 Å². The third kappa shape index (κ3) is 1.88. The van der Waals surface area contributed by atoms with Gasteiger partial charge in [-0.25, -0.2) is 4.39 Å². The summed E-state index contributed by atoms with van der Waals surface area (Å²) in [7, 11) is 3.18. The third-order valence-electron chi connectivity index (χ3n) is 2.53. The van der Waals surface area contributed by atoms with Gasteiger partial charge in [0.15, 0.2) is 0 Å². The highest BCUT2D eigenvalue weighted by Crippen LogP contribution is 2.38. The lowest BCUT2D eigenvalue weighted by Gasteiger charge is -2.10. The molecule has 0 radical (unpaired) electrons. The Morgan fingerprint density at radius 2 is 2.18 bits per heavy atom. The van der Waals surface area contributed by atoms with Crippen molar-refractivity contribution < 1.29 is 9.13 Å². The van der Waals surface area contributed by atoms with Gasteiger partial charge in [0.1, 0.15) is 17.4 Å². The summed E-state index contributed by atoms with van der Waals surface area (Å²) < 4.78 is 21.1. The summed E-state index contributed by atoms with van der Waals surface area (Å²) >= 11 is 3.14. The van der Waals surface area contributed by atoms with Gasteiger partial charge in [-0.15, -0.1) is 0 Å². The van der Waals surface area contributed by atoms with E-state index in [1.807, 2.05) is 0 Å². The van der Waals surface area contributed by atoms with Gasteiger partial charge in [-0.2, -0.15) is 5.10 Å². The van der Waals surface area contributed by atoms with E-state index in [9.17, 15) is 4.39 Å². The minimum Gasteiger partial charge on any atom is -0.496 e. The van der Waals surface area contributed by atoms with E-state index in [0.29, 0.717) is 27.2 Å². The Hall–Kier alpha value is -1.56. The maximum atomic E-state index is 14.1. The number of halogens is 2. The Labute approximate surface area is 106 Å². The first kappa shape index (κ1) is 11.9. The number of hydrogen-bond donors (Lipinski definition) is 1. The molecule has 0 atom stereocenters. The van der Waals surface area contributed by atoms with Gasteiger partial charge in [0.05, 0.1) is 28.9 Å². The molecule has 6 heteroatoms. The van der Waals surface area contributed by atoms with Crippen molar-refractivity contribution in [3.05, 3.63) is 28.6 Å². The van der Waals surface area contributed by atoms with Crippen LogP contribution in [0.3, 0.4) is 0 Å². The summed E-state index contributed by atoms with van der Waals surface area (Å²) in [5.74, 6) is 0.398. The number of anilines is 1. The number of benzene rings is 1. The molecule has 2 rings (SSSR count). The summed E-state index contributed by atoms with van der Waals surface area (Å²) in [4.78, 5) is 0. The minimum atomic E-state index is -0.413. The highest BCUT2D eigenvalue weighted by atomic mass is 79.9.